The standard InChI is InChI=1S/C26H26ClNOS/c27-25-12-5-4-9-23(25)19-29-24-11-6-10-22(18-24)26(30)28-15-13-21(14-16-28)17-20-7-2-1-3-8-20/h1-12,18,21H,13-17,19H2. The molecular formula is C26H26ClNOS. The molecule has 4 rings (SSSR count). The van der Waals surface area contributed by atoms with Crippen LogP contribution in [0.2, 0.25) is 5.02 Å². The molecule has 1 heterocycles. The van der Waals surface area contributed by atoms with Crippen LogP contribution in [0.1, 0.15) is 29.5 Å². The van der Waals surface area contributed by atoms with Gasteiger partial charge in [0.1, 0.15) is 17.3 Å². The Bertz CT molecular complexity index is 983. The van der Waals surface area contributed by atoms with Crippen molar-refractivity contribution in [3.05, 3.63) is 101 Å². The second-order valence-electron chi connectivity index (χ2n) is 7.83. The van der Waals surface area contributed by atoms with E-state index in [9.17, 15) is 0 Å². The molecule has 1 aliphatic heterocycles. The molecule has 4 heteroatoms. The predicted molar refractivity (Wildman–Crippen MR) is 128 cm³/mol. The molecule has 0 aliphatic carbocycles. The lowest BCUT2D eigenvalue weighted by molar-refractivity contribution is 0.268. The van der Waals surface area contributed by atoms with Gasteiger partial charge in [-0.25, -0.2) is 0 Å². The maximum Gasteiger partial charge on any atom is 0.120 e. The summed E-state index contributed by atoms with van der Waals surface area (Å²) in [6, 6.07) is 26.6. The zero-order valence-electron chi connectivity index (χ0n) is 17.0. The van der Waals surface area contributed by atoms with Crippen LogP contribution >= 0.6 is 23.8 Å². The minimum Gasteiger partial charge on any atom is -0.489 e. The summed E-state index contributed by atoms with van der Waals surface area (Å²) in [4.78, 5) is 3.25. The average Bonchev–Trinajstić information content (AvgIpc) is 2.79. The van der Waals surface area contributed by atoms with Crippen LogP contribution in [0.3, 0.4) is 0 Å². The minimum absolute atomic E-state index is 0.445. The lowest BCUT2D eigenvalue weighted by Gasteiger charge is -2.34. The number of hydrogen-bond acceptors (Lipinski definition) is 2. The molecule has 3 aromatic carbocycles. The van der Waals surface area contributed by atoms with E-state index in [-0.39, 0.29) is 0 Å². The van der Waals surface area contributed by atoms with Crippen molar-refractivity contribution in [3.63, 3.8) is 0 Å². The second-order valence-corrected chi connectivity index (χ2v) is 8.63. The number of thiocarbonyl (C=S) groups is 1. The van der Waals surface area contributed by atoms with Crippen LogP contribution in [0.4, 0.5) is 0 Å². The SMILES string of the molecule is S=C(c1cccc(OCc2ccccc2Cl)c1)N1CCC(Cc2ccccc2)CC1. The molecule has 0 atom stereocenters. The zero-order valence-corrected chi connectivity index (χ0v) is 18.5. The van der Waals surface area contributed by atoms with Crippen molar-refractivity contribution in [2.24, 2.45) is 5.92 Å². The summed E-state index contributed by atoms with van der Waals surface area (Å²) < 4.78 is 5.97. The van der Waals surface area contributed by atoms with Crippen molar-refractivity contribution in [3.8, 4) is 5.75 Å². The fourth-order valence-corrected chi connectivity index (χ4v) is 4.47. The van der Waals surface area contributed by atoms with Gasteiger partial charge in [-0.2, -0.15) is 0 Å². The van der Waals surface area contributed by atoms with E-state index in [1.165, 1.54) is 18.4 Å². The van der Waals surface area contributed by atoms with Crippen LogP contribution in [0.25, 0.3) is 0 Å². The number of nitrogens with zero attached hydrogens (tertiary/aromatic N) is 1. The Kier molecular flexibility index (Phi) is 7.03. The summed E-state index contributed by atoms with van der Waals surface area (Å²) in [7, 11) is 0. The highest BCUT2D eigenvalue weighted by molar-refractivity contribution is 7.80. The number of piperidine rings is 1. The predicted octanol–water partition coefficient (Wildman–Crippen LogP) is 6.55. The Hall–Kier alpha value is -2.36. The first-order valence-electron chi connectivity index (χ1n) is 10.5. The van der Waals surface area contributed by atoms with Gasteiger partial charge in [-0.1, -0.05) is 84.5 Å². The highest BCUT2D eigenvalue weighted by Crippen LogP contribution is 2.25. The molecule has 0 bridgehead atoms. The lowest BCUT2D eigenvalue weighted by atomic mass is 9.90. The van der Waals surface area contributed by atoms with E-state index in [2.05, 4.69) is 41.3 Å². The molecule has 1 aliphatic rings. The quantitative estimate of drug-likeness (QED) is 0.407. The summed E-state index contributed by atoms with van der Waals surface area (Å²) in [6.45, 7) is 2.48. The molecule has 30 heavy (non-hydrogen) atoms. The van der Waals surface area contributed by atoms with Crippen molar-refractivity contribution in [1.29, 1.82) is 0 Å². The fraction of sp³-hybridized carbons (Fsp3) is 0.269. The van der Waals surface area contributed by atoms with E-state index in [1.54, 1.807) is 0 Å². The van der Waals surface area contributed by atoms with Crippen LogP contribution in [0.5, 0.6) is 5.75 Å². The van der Waals surface area contributed by atoms with E-state index < -0.39 is 0 Å². The third-order valence-electron chi connectivity index (χ3n) is 5.70. The average molecular weight is 436 g/mol. The van der Waals surface area contributed by atoms with Gasteiger partial charge in [0, 0.05) is 29.2 Å². The van der Waals surface area contributed by atoms with E-state index in [4.69, 9.17) is 28.6 Å². The molecule has 0 N–H and O–H groups in total. The van der Waals surface area contributed by atoms with E-state index in [0.29, 0.717) is 6.61 Å². The first kappa shape index (κ1) is 20.9. The molecule has 1 fully saturated rings. The van der Waals surface area contributed by atoms with Crippen LogP contribution < -0.4 is 4.74 Å². The van der Waals surface area contributed by atoms with Gasteiger partial charge in [-0.3, -0.25) is 0 Å². The van der Waals surface area contributed by atoms with Crippen molar-refractivity contribution >= 4 is 28.8 Å². The molecule has 154 valence electrons. The number of rotatable bonds is 6. The molecule has 0 radical (unpaired) electrons. The van der Waals surface area contributed by atoms with Gasteiger partial charge in [0.05, 0.1) is 0 Å². The van der Waals surface area contributed by atoms with Gasteiger partial charge < -0.3 is 9.64 Å². The normalized spacial score (nSPS) is 14.5. The Labute approximate surface area is 189 Å². The number of ether oxygens (including phenoxy) is 1. The Morgan fingerprint density at radius 1 is 0.933 bits per heavy atom. The van der Waals surface area contributed by atoms with Crippen molar-refractivity contribution in [2.45, 2.75) is 25.9 Å². The number of halogens is 1. The Balaban J connectivity index is 1.32. The first-order chi connectivity index (χ1) is 14.7. The molecule has 0 amide bonds. The molecule has 0 saturated carbocycles. The van der Waals surface area contributed by atoms with E-state index in [1.807, 2.05) is 42.5 Å². The third kappa shape index (κ3) is 5.41. The van der Waals surface area contributed by atoms with Crippen LogP contribution in [0.15, 0.2) is 78.9 Å². The zero-order chi connectivity index (χ0) is 20.8. The van der Waals surface area contributed by atoms with Crippen molar-refractivity contribution in [2.75, 3.05) is 13.1 Å². The van der Waals surface area contributed by atoms with Gasteiger partial charge in [-0.15, -0.1) is 0 Å². The van der Waals surface area contributed by atoms with Crippen LogP contribution in [0, 0.1) is 5.92 Å². The monoisotopic (exact) mass is 435 g/mol. The van der Waals surface area contributed by atoms with Crippen LogP contribution in [-0.2, 0) is 13.0 Å². The highest BCUT2D eigenvalue weighted by atomic mass is 35.5. The summed E-state index contributed by atoms with van der Waals surface area (Å²) >= 11 is 12.0. The molecule has 3 aromatic rings. The summed E-state index contributed by atoms with van der Waals surface area (Å²) in [5.74, 6) is 1.55. The Morgan fingerprint density at radius 2 is 1.67 bits per heavy atom. The number of likely N-dealkylation sites (tertiary alicyclic amines) is 1. The minimum atomic E-state index is 0.445. The van der Waals surface area contributed by atoms with E-state index >= 15 is 0 Å². The molecule has 0 unspecified atom stereocenters. The Morgan fingerprint density at radius 3 is 2.43 bits per heavy atom. The van der Waals surface area contributed by atoms with Crippen LogP contribution in [-0.4, -0.2) is 23.0 Å². The highest BCUT2D eigenvalue weighted by Gasteiger charge is 2.22. The fourth-order valence-electron chi connectivity index (χ4n) is 3.97. The van der Waals surface area contributed by atoms with Gasteiger partial charge in [0.25, 0.3) is 0 Å². The third-order valence-corrected chi connectivity index (χ3v) is 6.56. The number of benzene rings is 3. The maximum absolute atomic E-state index is 6.23. The second kappa shape index (κ2) is 10.1. The largest absolute Gasteiger partial charge is 0.489 e. The summed E-state index contributed by atoms with van der Waals surface area (Å²) in [5, 5.41) is 0.725. The first-order valence-corrected chi connectivity index (χ1v) is 11.3. The smallest absolute Gasteiger partial charge is 0.120 e. The molecule has 2 nitrogen and oxygen atoms in total. The van der Waals surface area contributed by atoms with Gasteiger partial charge in [-0.05, 0) is 48.9 Å². The molecule has 1 saturated heterocycles. The van der Waals surface area contributed by atoms with E-state index in [0.717, 1.165) is 52.3 Å². The topological polar surface area (TPSA) is 12.5 Å². The van der Waals surface area contributed by atoms with Gasteiger partial charge in [0.2, 0.25) is 0 Å². The maximum atomic E-state index is 6.23. The van der Waals surface area contributed by atoms with Gasteiger partial charge in [0.15, 0.2) is 0 Å². The van der Waals surface area contributed by atoms with Gasteiger partial charge >= 0.3 is 0 Å². The summed E-state index contributed by atoms with van der Waals surface area (Å²) in [5.41, 5.74) is 3.46. The molecular weight excluding hydrogens is 410 g/mol. The lowest BCUT2D eigenvalue weighted by Crippen LogP contribution is -2.38. The molecule has 0 aromatic heterocycles. The van der Waals surface area contributed by atoms with Crippen molar-refractivity contribution < 1.29 is 4.74 Å². The van der Waals surface area contributed by atoms with Crippen molar-refractivity contribution in [1.82, 2.24) is 4.90 Å². The summed E-state index contributed by atoms with van der Waals surface area (Å²) in [6.07, 6.45) is 3.52. The molecule has 0 spiro atoms. The number of hydrogen-bond donors (Lipinski definition) is 0.